The van der Waals surface area contributed by atoms with E-state index in [0.717, 1.165) is 22.9 Å². The number of rotatable bonds is 2. The highest BCUT2D eigenvalue weighted by Crippen LogP contribution is 2.36. The van der Waals surface area contributed by atoms with Gasteiger partial charge in [0.2, 0.25) is 0 Å². The molecule has 0 aliphatic rings. The number of hydrogen-bond acceptors (Lipinski definition) is 4. The second kappa shape index (κ2) is 3.66. The molecule has 0 amide bonds. The molecule has 0 atom stereocenters. The van der Waals surface area contributed by atoms with Crippen LogP contribution in [0.25, 0.3) is 11.4 Å². The van der Waals surface area contributed by atoms with E-state index in [1.54, 1.807) is 17.7 Å². The van der Waals surface area contributed by atoms with Crippen LogP contribution in [0.15, 0.2) is 6.33 Å². The summed E-state index contributed by atoms with van der Waals surface area (Å²) in [5.74, 6) is 0.872. The summed E-state index contributed by atoms with van der Waals surface area (Å²) in [6.45, 7) is 7.00. The number of aryl methyl sites for hydroxylation is 2. The van der Waals surface area contributed by atoms with Crippen LogP contribution < -0.4 is 5.73 Å². The molecule has 0 saturated heterocycles. The summed E-state index contributed by atoms with van der Waals surface area (Å²) < 4.78 is 1.87. The van der Waals surface area contributed by atoms with Gasteiger partial charge >= 0.3 is 0 Å². The smallest absolute Gasteiger partial charge is 0.161 e. The largest absolute Gasteiger partial charge is 0.390 e. The molecule has 4 nitrogen and oxygen atoms in total. The molecule has 0 unspecified atom stereocenters. The summed E-state index contributed by atoms with van der Waals surface area (Å²) in [6.07, 6.45) is 1.57. The van der Waals surface area contributed by atoms with Gasteiger partial charge in [-0.05, 0) is 26.3 Å². The topological polar surface area (TPSA) is 56.7 Å². The highest BCUT2D eigenvalue weighted by Gasteiger charge is 2.16. The van der Waals surface area contributed by atoms with Crippen LogP contribution in [0.1, 0.15) is 17.4 Å². The Morgan fingerprint density at radius 2 is 2.20 bits per heavy atom. The lowest BCUT2D eigenvalue weighted by Gasteiger charge is -2.03. The van der Waals surface area contributed by atoms with Crippen molar-refractivity contribution in [2.45, 2.75) is 27.3 Å². The molecule has 2 aromatic heterocycles. The fraction of sp³-hybridized carbons (Fsp3) is 0.400. The lowest BCUT2D eigenvalue weighted by molar-refractivity contribution is 0.666. The predicted octanol–water partition coefficient (Wildman–Crippen LogP) is 2.23. The third-order valence-electron chi connectivity index (χ3n) is 2.55. The van der Waals surface area contributed by atoms with Gasteiger partial charge in [0.1, 0.15) is 6.33 Å². The van der Waals surface area contributed by atoms with Crippen LogP contribution in [-0.4, -0.2) is 14.8 Å². The lowest BCUT2D eigenvalue weighted by atomic mass is 10.1. The zero-order valence-electron chi connectivity index (χ0n) is 9.11. The van der Waals surface area contributed by atoms with E-state index >= 15 is 0 Å². The summed E-state index contributed by atoms with van der Waals surface area (Å²) in [6, 6.07) is 0. The molecule has 0 fully saturated rings. The molecule has 2 rings (SSSR count). The van der Waals surface area contributed by atoms with E-state index in [1.807, 2.05) is 11.6 Å². The normalized spacial score (nSPS) is 10.9. The van der Waals surface area contributed by atoms with Crippen molar-refractivity contribution in [3.8, 4) is 11.4 Å². The van der Waals surface area contributed by atoms with Gasteiger partial charge in [-0.15, -0.1) is 11.3 Å². The maximum absolute atomic E-state index is 5.99. The minimum Gasteiger partial charge on any atom is -0.390 e. The Kier molecular flexibility index (Phi) is 2.48. The lowest BCUT2D eigenvalue weighted by Crippen LogP contribution is -2.01. The maximum Gasteiger partial charge on any atom is 0.161 e. The first-order chi connectivity index (χ1) is 7.15. The number of nitrogen functional groups attached to an aromatic ring is 1. The zero-order chi connectivity index (χ0) is 11.0. The predicted molar refractivity (Wildman–Crippen MR) is 62.9 cm³/mol. The van der Waals surface area contributed by atoms with Gasteiger partial charge in [0.25, 0.3) is 0 Å². The third kappa shape index (κ3) is 1.52. The molecule has 0 aliphatic carbocycles. The molecule has 2 N–H and O–H groups in total. The van der Waals surface area contributed by atoms with Crippen molar-refractivity contribution in [3.05, 3.63) is 16.8 Å². The van der Waals surface area contributed by atoms with Crippen molar-refractivity contribution < 1.29 is 0 Å². The Hall–Kier alpha value is -1.36. The summed E-state index contributed by atoms with van der Waals surface area (Å²) in [5.41, 5.74) is 8.24. The van der Waals surface area contributed by atoms with Crippen molar-refractivity contribution >= 4 is 16.3 Å². The summed E-state index contributed by atoms with van der Waals surface area (Å²) in [5, 5.41) is 4.98. The maximum atomic E-state index is 5.99. The molecular formula is C10H14N4S. The first-order valence-corrected chi connectivity index (χ1v) is 5.70. The first kappa shape index (κ1) is 10.2. The summed E-state index contributed by atoms with van der Waals surface area (Å²) in [4.78, 5) is 5.51. The van der Waals surface area contributed by atoms with E-state index in [1.165, 1.54) is 10.4 Å². The number of aromatic nitrogens is 3. The number of nitrogens with zero attached hydrogens (tertiary/aromatic N) is 3. The Labute approximate surface area is 92.8 Å². The van der Waals surface area contributed by atoms with E-state index in [0.29, 0.717) is 0 Å². The molecule has 0 spiro atoms. The average molecular weight is 222 g/mol. The summed E-state index contributed by atoms with van der Waals surface area (Å²) in [7, 11) is 0. The minimum absolute atomic E-state index is 0.809. The molecule has 2 heterocycles. The van der Waals surface area contributed by atoms with Crippen molar-refractivity contribution in [3.63, 3.8) is 0 Å². The van der Waals surface area contributed by atoms with Gasteiger partial charge < -0.3 is 5.73 Å². The molecule has 0 bridgehead atoms. The number of anilines is 1. The van der Waals surface area contributed by atoms with Crippen LogP contribution in [0.4, 0.5) is 5.00 Å². The van der Waals surface area contributed by atoms with Crippen molar-refractivity contribution in [2.75, 3.05) is 5.73 Å². The second-order valence-corrected chi connectivity index (χ2v) is 4.68. The molecule has 0 aliphatic heterocycles. The SMILES string of the molecule is CCn1ncnc1-c1c(N)sc(C)c1C. The van der Waals surface area contributed by atoms with Crippen molar-refractivity contribution in [1.29, 1.82) is 0 Å². The Morgan fingerprint density at radius 1 is 1.47 bits per heavy atom. The molecule has 2 aromatic rings. The first-order valence-electron chi connectivity index (χ1n) is 4.88. The van der Waals surface area contributed by atoms with E-state index < -0.39 is 0 Å². The molecule has 0 aromatic carbocycles. The Morgan fingerprint density at radius 3 is 2.73 bits per heavy atom. The van der Waals surface area contributed by atoms with Gasteiger partial charge in [-0.3, -0.25) is 0 Å². The van der Waals surface area contributed by atoms with Crippen LogP contribution in [0.3, 0.4) is 0 Å². The molecule has 80 valence electrons. The molecule has 5 heteroatoms. The second-order valence-electron chi connectivity index (χ2n) is 3.42. The van der Waals surface area contributed by atoms with E-state index in [4.69, 9.17) is 5.73 Å². The van der Waals surface area contributed by atoms with Crippen LogP contribution in [0.5, 0.6) is 0 Å². The van der Waals surface area contributed by atoms with Gasteiger partial charge in [0.05, 0.1) is 10.6 Å². The summed E-state index contributed by atoms with van der Waals surface area (Å²) >= 11 is 1.61. The molecule has 0 saturated carbocycles. The standard InChI is InChI=1S/C10H14N4S/c1-4-14-10(12-5-13-14)8-6(2)7(3)15-9(8)11/h5H,4,11H2,1-3H3. The van der Waals surface area contributed by atoms with Gasteiger partial charge in [-0.1, -0.05) is 0 Å². The van der Waals surface area contributed by atoms with Crippen molar-refractivity contribution in [2.24, 2.45) is 0 Å². The third-order valence-corrected chi connectivity index (χ3v) is 3.59. The van der Waals surface area contributed by atoms with Gasteiger partial charge in [-0.2, -0.15) is 5.10 Å². The van der Waals surface area contributed by atoms with Crippen LogP contribution in [-0.2, 0) is 6.54 Å². The number of hydrogen-bond donors (Lipinski definition) is 1. The van der Waals surface area contributed by atoms with E-state index in [9.17, 15) is 0 Å². The number of thiophene rings is 1. The monoisotopic (exact) mass is 222 g/mol. The van der Waals surface area contributed by atoms with Gasteiger partial charge in [-0.25, -0.2) is 9.67 Å². The molecule has 15 heavy (non-hydrogen) atoms. The molecular weight excluding hydrogens is 208 g/mol. The van der Waals surface area contributed by atoms with Gasteiger partial charge in [0.15, 0.2) is 5.82 Å². The Balaban J connectivity index is 2.63. The van der Waals surface area contributed by atoms with Crippen LogP contribution in [0.2, 0.25) is 0 Å². The van der Waals surface area contributed by atoms with Crippen LogP contribution >= 0.6 is 11.3 Å². The zero-order valence-corrected chi connectivity index (χ0v) is 9.93. The minimum atomic E-state index is 0.809. The fourth-order valence-corrected chi connectivity index (χ4v) is 2.55. The average Bonchev–Trinajstić information content (AvgIpc) is 2.73. The Bertz CT molecular complexity index is 484. The highest BCUT2D eigenvalue weighted by molar-refractivity contribution is 7.16. The molecule has 0 radical (unpaired) electrons. The van der Waals surface area contributed by atoms with Gasteiger partial charge in [0, 0.05) is 11.4 Å². The van der Waals surface area contributed by atoms with Crippen molar-refractivity contribution in [1.82, 2.24) is 14.8 Å². The van der Waals surface area contributed by atoms with E-state index in [-0.39, 0.29) is 0 Å². The quantitative estimate of drug-likeness (QED) is 0.847. The van der Waals surface area contributed by atoms with Crippen LogP contribution in [0, 0.1) is 13.8 Å². The van der Waals surface area contributed by atoms with E-state index in [2.05, 4.69) is 23.9 Å². The number of nitrogens with two attached hydrogens (primary N) is 1. The fourth-order valence-electron chi connectivity index (χ4n) is 1.62. The highest BCUT2D eigenvalue weighted by atomic mass is 32.1.